The predicted molar refractivity (Wildman–Crippen MR) is 79.0 cm³/mol. The Morgan fingerprint density at radius 1 is 1.43 bits per heavy atom. The first-order valence-electron chi connectivity index (χ1n) is 6.97. The molecule has 0 aromatic heterocycles. The summed E-state index contributed by atoms with van der Waals surface area (Å²) < 4.78 is 0. The van der Waals surface area contributed by atoms with E-state index in [-0.39, 0.29) is 23.9 Å². The van der Waals surface area contributed by atoms with Crippen LogP contribution in [0.3, 0.4) is 0 Å². The third-order valence-corrected chi connectivity index (χ3v) is 4.02. The van der Waals surface area contributed by atoms with Crippen molar-refractivity contribution in [3.05, 3.63) is 27.8 Å². The standard InChI is InChI=1S/C12H13N3O3.C2H6O/c13-8-6-9-7(5-10(8)15(17)18)12(11(16)14-9)3-1-2-4-12;1-2-3/h5-6H,1-4,13H2,(H,14,16);3H,2H2,1H3. The summed E-state index contributed by atoms with van der Waals surface area (Å²) in [6, 6.07) is 2.96. The highest BCUT2D eigenvalue weighted by molar-refractivity contribution is 6.07. The number of nitro groups is 1. The normalized spacial score (nSPS) is 17.9. The highest BCUT2D eigenvalue weighted by Crippen LogP contribution is 2.50. The van der Waals surface area contributed by atoms with E-state index in [2.05, 4.69) is 5.32 Å². The molecular formula is C14H19N3O4. The summed E-state index contributed by atoms with van der Waals surface area (Å²) in [4.78, 5) is 22.6. The summed E-state index contributed by atoms with van der Waals surface area (Å²) in [6.45, 7) is 1.93. The monoisotopic (exact) mass is 293 g/mol. The van der Waals surface area contributed by atoms with Crippen LogP contribution < -0.4 is 11.1 Å². The molecule has 1 fully saturated rings. The zero-order chi connectivity index (χ0) is 15.6. The molecule has 1 aliphatic heterocycles. The first kappa shape index (κ1) is 15.2. The lowest BCUT2D eigenvalue weighted by Crippen LogP contribution is -2.30. The van der Waals surface area contributed by atoms with Gasteiger partial charge in [0.1, 0.15) is 5.69 Å². The lowest BCUT2D eigenvalue weighted by atomic mass is 9.80. The summed E-state index contributed by atoms with van der Waals surface area (Å²) in [5.74, 6) is -0.0464. The number of amides is 1. The molecule has 1 saturated carbocycles. The molecule has 0 unspecified atom stereocenters. The van der Waals surface area contributed by atoms with Gasteiger partial charge in [-0.1, -0.05) is 12.8 Å². The van der Waals surface area contributed by atoms with Crippen LogP contribution in [0.4, 0.5) is 17.1 Å². The van der Waals surface area contributed by atoms with Crippen molar-refractivity contribution >= 4 is 23.0 Å². The summed E-state index contributed by atoms with van der Waals surface area (Å²) >= 11 is 0. The van der Waals surface area contributed by atoms with Gasteiger partial charge in [-0.2, -0.15) is 0 Å². The molecule has 4 N–H and O–H groups in total. The van der Waals surface area contributed by atoms with Gasteiger partial charge in [0, 0.05) is 18.4 Å². The van der Waals surface area contributed by atoms with E-state index in [0.29, 0.717) is 5.69 Å². The summed E-state index contributed by atoms with van der Waals surface area (Å²) in [7, 11) is 0. The fraction of sp³-hybridized carbons (Fsp3) is 0.500. The number of carbonyl (C=O) groups excluding carboxylic acids is 1. The molecular weight excluding hydrogens is 274 g/mol. The highest BCUT2D eigenvalue weighted by Gasteiger charge is 2.49. The van der Waals surface area contributed by atoms with E-state index in [1.165, 1.54) is 12.1 Å². The second-order valence-electron chi connectivity index (χ2n) is 5.27. The molecule has 0 atom stereocenters. The zero-order valence-electron chi connectivity index (χ0n) is 11.9. The molecule has 7 nitrogen and oxygen atoms in total. The number of anilines is 2. The number of rotatable bonds is 1. The maximum absolute atomic E-state index is 12.1. The lowest BCUT2D eigenvalue weighted by Gasteiger charge is -2.20. The first-order valence-corrected chi connectivity index (χ1v) is 6.97. The Balaban J connectivity index is 0.000000497. The largest absolute Gasteiger partial charge is 0.397 e. The zero-order valence-corrected chi connectivity index (χ0v) is 11.9. The lowest BCUT2D eigenvalue weighted by molar-refractivity contribution is -0.384. The molecule has 1 heterocycles. The van der Waals surface area contributed by atoms with Gasteiger partial charge in [0.25, 0.3) is 5.69 Å². The molecule has 2 aliphatic rings. The molecule has 0 radical (unpaired) electrons. The van der Waals surface area contributed by atoms with E-state index in [4.69, 9.17) is 10.8 Å². The van der Waals surface area contributed by atoms with Gasteiger partial charge in [-0.3, -0.25) is 14.9 Å². The Kier molecular flexibility index (Phi) is 4.13. The molecule has 21 heavy (non-hydrogen) atoms. The summed E-state index contributed by atoms with van der Waals surface area (Å²) in [5.41, 5.74) is 6.42. The quantitative estimate of drug-likeness (QED) is 0.415. The highest BCUT2D eigenvalue weighted by atomic mass is 16.6. The molecule has 7 heteroatoms. The first-order chi connectivity index (χ1) is 9.96. The summed E-state index contributed by atoms with van der Waals surface area (Å²) in [6.07, 6.45) is 3.47. The van der Waals surface area contributed by atoms with Crippen molar-refractivity contribution in [1.82, 2.24) is 0 Å². The molecule has 1 aromatic carbocycles. The summed E-state index contributed by atoms with van der Waals surface area (Å²) in [5, 5.41) is 21.3. The Labute approximate surface area is 122 Å². The predicted octanol–water partition coefficient (Wildman–Crippen LogP) is 1.94. The van der Waals surface area contributed by atoms with Crippen molar-refractivity contribution in [2.45, 2.75) is 38.0 Å². The number of nitrogens with zero attached hydrogens (tertiary/aromatic N) is 1. The van der Waals surface area contributed by atoms with E-state index < -0.39 is 10.3 Å². The third kappa shape index (κ3) is 2.44. The van der Waals surface area contributed by atoms with Crippen LogP contribution in [0.25, 0.3) is 0 Å². The number of fused-ring (bicyclic) bond motifs is 2. The number of nitrogens with one attached hydrogen (secondary N) is 1. The van der Waals surface area contributed by atoms with Gasteiger partial charge in [-0.05, 0) is 31.4 Å². The van der Waals surface area contributed by atoms with Crippen LogP contribution in [0.1, 0.15) is 38.2 Å². The smallest absolute Gasteiger partial charge is 0.292 e. The van der Waals surface area contributed by atoms with Crippen LogP contribution in [0.2, 0.25) is 0 Å². The molecule has 1 aliphatic carbocycles. The van der Waals surface area contributed by atoms with Crippen LogP contribution in [-0.4, -0.2) is 22.5 Å². The van der Waals surface area contributed by atoms with E-state index in [1.54, 1.807) is 6.92 Å². The fourth-order valence-corrected chi connectivity index (χ4v) is 3.10. The number of aliphatic hydroxyl groups is 1. The van der Waals surface area contributed by atoms with Crippen molar-refractivity contribution in [1.29, 1.82) is 0 Å². The van der Waals surface area contributed by atoms with Crippen LogP contribution in [0.15, 0.2) is 12.1 Å². The van der Waals surface area contributed by atoms with Crippen molar-refractivity contribution in [2.75, 3.05) is 17.7 Å². The number of nitrogens with two attached hydrogens (primary N) is 1. The Bertz CT molecular complexity index is 580. The number of nitro benzene ring substituents is 1. The van der Waals surface area contributed by atoms with Gasteiger partial charge in [-0.15, -0.1) is 0 Å². The number of hydrogen-bond donors (Lipinski definition) is 3. The van der Waals surface area contributed by atoms with E-state index in [1.807, 2.05) is 0 Å². The number of nitrogen functional groups attached to an aromatic ring is 1. The topological polar surface area (TPSA) is 118 Å². The van der Waals surface area contributed by atoms with Crippen molar-refractivity contribution < 1.29 is 14.8 Å². The second kappa shape index (κ2) is 5.69. The Morgan fingerprint density at radius 2 is 2.00 bits per heavy atom. The van der Waals surface area contributed by atoms with Gasteiger partial charge in [0.15, 0.2) is 0 Å². The molecule has 0 bridgehead atoms. The van der Waals surface area contributed by atoms with Crippen LogP contribution in [-0.2, 0) is 10.2 Å². The van der Waals surface area contributed by atoms with Crippen molar-refractivity contribution in [3.8, 4) is 0 Å². The molecule has 1 amide bonds. The van der Waals surface area contributed by atoms with E-state index in [0.717, 1.165) is 31.2 Å². The number of carbonyl (C=O) groups is 1. The minimum Gasteiger partial charge on any atom is -0.397 e. The maximum atomic E-state index is 12.1. The van der Waals surface area contributed by atoms with Crippen molar-refractivity contribution in [2.24, 2.45) is 0 Å². The molecule has 1 aromatic rings. The van der Waals surface area contributed by atoms with Crippen molar-refractivity contribution in [3.63, 3.8) is 0 Å². The van der Waals surface area contributed by atoms with Crippen LogP contribution >= 0.6 is 0 Å². The molecule has 1 spiro atoms. The Morgan fingerprint density at radius 3 is 2.52 bits per heavy atom. The third-order valence-electron chi connectivity index (χ3n) is 4.02. The van der Waals surface area contributed by atoms with E-state index >= 15 is 0 Å². The number of benzene rings is 1. The molecule has 3 rings (SSSR count). The number of hydrogen-bond acceptors (Lipinski definition) is 5. The van der Waals surface area contributed by atoms with Gasteiger partial charge in [0.05, 0.1) is 10.3 Å². The minimum absolute atomic E-state index is 0.0464. The van der Waals surface area contributed by atoms with Gasteiger partial charge in [0.2, 0.25) is 5.91 Å². The second-order valence-corrected chi connectivity index (χ2v) is 5.27. The number of aliphatic hydroxyl groups excluding tert-OH is 1. The van der Waals surface area contributed by atoms with Gasteiger partial charge in [-0.25, -0.2) is 0 Å². The SMILES string of the molecule is CCO.Nc1cc2c(cc1[N+](=O)[O-])C1(CCCC1)C(=O)N2. The molecule has 114 valence electrons. The molecule has 0 saturated heterocycles. The fourth-order valence-electron chi connectivity index (χ4n) is 3.10. The average Bonchev–Trinajstić information content (AvgIpc) is 2.98. The Hall–Kier alpha value is -2.15. The maximum Gasteiger partial charge on any atom is 0.292 e. The minimum atomic E-state index is -0.562. The van der Waals surface area contributed by atoms with Gasteiger partial charge < -0.3 is 16.2 Å². The average molecular weight is 293 g/mol. The van der Waals surface area contributed by atoms with Crippen LogP contribution in [0.5, 0.6) is 0 Å². The van der Waals surface area contributed by atoms with Crippen LogP contribution in [0, 0.1) is 10.1 Å². The van der Waals surface area contributed by atoms with E-state index in [9.17, 15) is 14.9 Å². The van der Waals surface area contributed by atoms with Gasteiger partial charge >= 0.3 is 0 Å².